The molecule has 0 bridgehead atoms. The maximum atomic E-state index is 13.4. The number of hydrogen-bond acceptors (Lipinski definition) is 7. The van der Waals surface area contributed by atoms with Crippen LogP contribution in [-0.2, 0) is 16.1 Å². The van der Waals surface area contributed by atoms with Gasteiger partial charge >= 0.3 is 6.03 Å². The predicted octanol–water partition coefficient (Wildman–Crippen LogP) is 2.57. The lowest BCUT2D eigenvalue weighted by atomic mass is 10.1. The summed E-state index contributed by atoms with van der Waals surface area (Å²) in [5.41, 5.74) is -1.05. The van der Waals surface area contributed by atoms with Gasteiger partial charge in [-0.25, -0.2) is 9.18 Å². The van der Waals surface area contributed by atoms with Crippen molar-refractivity contribution in [1.82, 2.24) is 15.1 Å². The fourth-order valence-corrected chi connectivity index (χ4v) is 4.38. The second-order valence-corrected chi connectivity index (χ2v) is 10.1. The number of rotatable bonds is 10. The van der Waals surface area contributed by atoms with Crippen LogP contribution in [0.25, 0.3) is 0 Å². The second kappa shape index (κ2) is 11.5. The fourth-order valence-electron chi connectivity index (χ4n) is 4.38. The molecule has 1 atom stereocenters. The summed E-state index contributed by atoms with van der Waals surface area (Å²) in [6, 6.07) is 13.1. The van der Waals surface area contributed by atoms with Crippen LogP contribution in [0.1, 0.15) is 25.8 Å². The van der Waals surface area contributed by atoms with E-state index in [0.29, 0.717) is 57.3 Å². The van der Waals surface area contributed by atoms with Crippen LogP contribution in [0.4, 0.5) is 9.18 Å². The maximum absolute atomic E-state index is 13.4. The number of nitrogens with one attached hydrogen (secondary N) is 1. The molecule has 10 heteroatoms. The van der Waals surface area contributed by atoms with Gasteiger partial charge in [-0.2, -0.15) is 0 Å². The Morgan fingerprint density at radius 3 is 2.59 bits per heavy atom. The fraction of sp³-hybridized carbons (Fsp3) is 0.481. The van der Waals surface area contributed by atoms with E-state index in [-0.39, 0.29) is 25.2 Å². The van der Waals surface area contributed by atoms with Crippen LogP contribution in [0.3, 0.4) is 0 Å². The Hall–Kier alpha value is -3.21. The quantitative estimate of drug-likeness (QED) is 0.371. The molecule has 200 valence electrons. The number of amides is 3. The van der Waals surface area contributed by atoms with Crippen molar-refractivity contribution in [2.75, 3.05) is 46.1 Å². The molecular formula is C27H34FN3O6. The van der Waals surface area contributed by atoms with Gasteiger partial charge in [0.15, 0.2) is 0 Å². The zero-order chi connectivity index (χ0) is 26.5. The average molecular weight is 516 g/mol. The molecule has 2 aromatic rings. The lowest BCUT2D eigenvalue weighted by Crippen LogP contribution is -2.48. The standard InChI is InChI=1S/C27H34FN3O6/c1-26(2)24(32)31(25(33)29-26)11-4-13-36-22-9-7-20(8-10-22)16-30-12-14-35-18-27(34,17-30)19-37-23-6-3-5-21(28)15-23/h3,5-10,15,34H,4,11-14,16-19H2,1-2H3,(H,29,33). The molecule has 9 nitrogen and oxygen atoms in total. The first-order valence-electron chi connectivity index (χ1n) is 12.4. The summed E-state index contributed by atoms with van der Waals surface area (Å²) >= 11 is 0. The number of benzene rings is 2. The number of halogens is 1. The predicted molar refractivity (Wildman–Crippen MR) is 134 cm³/mol. The molecule has 2 heterocycles. The highest BCUT2D eigenvalue weighted by molar-refractivity contribution is 6.06. The van der Waals surface area contributed by atoms with E-state index < -0.39 is 17.0 Å². The molecule has 0 aliphatic carbocycles. The molecule has 0 radical (unpaired) electrons. The van der Waals surface area contributed by atoms with Gasteiger partial charge in [-0.1, -0.05) is 18.2 Å². The zero-order valence-corrected chi connectivity index (χ0v) is 21.2. The first-order valence-corrected chi connectivity index (χ1v) is 12.4. The van der Waals surface area contributed by atoms with Crippen molar-refractivity contribution in [3.05, 3.63) is 59.9 Å². The SMILES string of the molecule is CC1(C)NC(=O)N(CCCOc2ccc(CN3CCOCC(O)(COc4cccc(F)c4)C3)cc2)C1=O. The molecule has 0 aromatic heterocycles. The smallest absolute Gasteiger partial charge is 0.325 e. The Bertz CT molecular complexity index is 1100. The molecule has 2 fully saturated rings. The van der Waals surface area contributed by atoms with E-state index >= 15 is 0 Å². The van der Waals surface area contributed by atoms with Crippen molar-refractivity contribution in [1.29, 1.82) is 0 Å². The highest BCUT2D eigenvalue weighted by Gasteiger charge is 2.43. The van der Waals surface area contributed by atoms with Gasteiger partial charge in [0.2, 0.25) is 0 Å². The summed E-state index contributed by atoms with van der Waals surface area (Å²) in [5, 5.41) is 13.7. The normalized spacial score (nSPS) is 22.0. The minimum Gasteiger partial charge on any atom is -0.494 e. The van der Waals surface area contributed by atoms with Gasteiger partial charge < -0.3 is 24.6 Å². The summed E-state index contributed by atoms with van der Waals surface area (Å²) in [7, 11) is 0. The Morgan fingerprint density at radius 2 is 1.89 bits per heavy atom. The number of ether oxygens (including phenoxy) is 3. The minimum absolute atomic E-state index is 0.0120. The third-order valence-electron chi connectivity index (χ3n) is 6.31. The monoisotopic (exact) mass is 515 g/mol. The molecule has 0 saturated carbocycles. The summed E-state index contributed by atoms with van der Waals surface area (Å²) in [4.78, 5) is 27.5. The van der Waals surface area contributed by atoms with Crippen molar-refractivity contribution < 1.29 is 33.3 Å². The van der Waals surface area contributed by atoms with Crippen LogP contribution in [0.5, 0.6) is 11.5 Å². The molecule has 2 saturated heterocycles. The number of nitrogens with zero attached hydrogens (tertiary/aromatic N) is 2. The van der Waals surface area contributed by atoms with Crippen molar-refractivity contribution in [3.63, 3.8) is 0 Å². The highest BCUT2D eigenvalue weighted by atomic mass is 19.1. The molecule has 2 N–H and O–H groups in total. The van der Waals surface area contributed by atoms with E-state index in [4.69, 9.17) is 14.2 Å². The molecule has 2 aromatic carbocycles. The molecular weight excluding hydrogens is 481 g/mol. The Morgan fingerprint density at radius 1 is 1.11 bits per heavy atom. The topological polar surface area (TPSA) is 101 Å². The minimum atomic E-state index is -1.23. The first-order chi connectivity index (χ1) is 17.6. The van der Waals surface area contributed by atoms with Gasteiger partial charge in [-0.15, -0.1) is 0 Å². The number of β-amino-alcohol motifs (C(OH)–C–C–N with tert-alkyl or cyclic N) is 1. The molecule has 2 aliphatic heterocycles. The molecule has 1 unspecified atom stereocenters. The summed E-state index contributed by atoms with van der Waals surface area (Å²) in [5.74, 6) is 0.432. The van der Waals surface area contributed by atoms with E-state index in [1.807, 2.05) is 24.3 Å². The van der Waals surface area contributed by atoms with E-state index in [2.05, 4.69) is 10.2 Å². The number of imide groups is 1. The Labute approximate surface area is 216 Å². The molecule has 3 amide bonds. The molecule has 37 heavy (non-hydrogen) atoms. The third kappa shape index (κ3) is 7.18. The highest BCUT2D eigenvalue weighted by Crippen LogP contribution is 2.21. The molecule has 4 rings (SSSR count). The van der Waals surface area contributed by atoms with Crippen LogP contribution in [0.15, 0.2) is 48.5 Å². The number of carbonyl (C=O) groups excluding carboxylic acids is 2. The van der Waals surface area contributed by atoms with E-state index in [1.165, 1.54) is 17.0 Å². The summed E-state index contributed by atoms with van der Waals surface area (Å²) < 4.78 is 30.5. The van der Waals surface area contributed by atoms with Gasteiger partial charge in [0.25, 0.3) is 5.91 Å². The van der Waals surface area contributed by atoms with Gasteiger partial charge in [-0.05, 0) is 50.1 Å². The van der Waals surface area contributed by atoms with Crippen LogP contribution in [0.2, 0.25) is 0 Å². The van der Waals surface area contributed by atoms with Crippen LogP contribution in [0, 0.1) is 5.82 Å². The molecule has 2 aliphatic rings. The lowest BCUT2D eigenvalue weighted by Gasteiger charge is -2.30. The summed E-state index contributed by atoms with van der Waals surface area (Å²) in [6.45, 7) is 6.26. The summed E-state index contributed by atoms with van der Waals surface area (Å²) in [6.07, 6.45) is 0.529. The Kier molecular flexibility index (Phi) is 8.31. The van der Waals surface area contributed by atoms with Crippen molar-refractivity contribution in [3.8, 4) is 11.5 Å². The first kappa shape index (κ1) is 26.8. The largest absolute Gasteiger partial charge is 0.494 e. The number of urea groups is 1. The van der Waals surface area contributed by atoms with E-state index in [0.717, 1.165) is 5.56 Å². The zero-order valence-electron chi connectivity index (χ0n) is 21.2. The van der Waals surface area contributed by atoms with Crippen molar-refractivity contribution in [2.24, 2.45) is 0 Å². The lowest BCUT2D eigenvalue weighted by molar-refractivity contribution is -0.130. The van der Waals surface area contributed by atoms with Crippen LogP contribution in [-0.4, -0.2) is 84.0 Å². The molecule has 0 spiro atoms. The Balaban J connectivity index is 1.23. The number of aliphatic hydroxyl groups is 1. The van der Waals surface area contributed by atoms with E-state index in [9.17, 15) is 19.1 Å². The van der Waals surface area contributed by atoms with Crippen LogP contribution < -0.4 is 14.8 Å². The van der Waals surface area contributed by atoms with Gasteiger partial charge in [0.05, 0.1) is 19.8 Å². The van der Waals surface area contributed by atoms with Crippen molar-refractivity contribution >= 4 is 11.9 Å². The third-order valence-corrected chi connectivity index (χ3v) is 6.31. The van der Waals surface area contributed by atoms with Gasteiger partial charge in [-0.3, -0.25) is 14.6 Å². The van der Waals surface area contributed by atoms with Gasteiger partial charge in [0.1, 0.15) is 35.1 Å². The second-order valence-electron chi connectivity index (χ2n) is 10.1. The average Bonchev–Trinajstić information content (AvgIpc) is 2.96. The van der Waals surface area contributed by atoms with E-state index in [1.54, 1.807) is 26.0 Å². The number of carbonyl (C=O) groups is 2. The van der Waals surface area contributed by atoms with Gasteiger partial charge in [0, 0.05) is 32.2 Å². The number of hydrogen-bond donors (Lipinski definition) is 2. The maximum Gasteiger partial charge on any atom is 0.325 e. The van der Waals surface area contributed by atoms with Crippen LogP contribution >= 0.6 is 0 Å². The van der Waals surface area contributed by atoms with Crippen molar-refractivity contribution in [2.45, 2.75) is 38.0 Å².